The highest BCUT2D eigenvalue weighted by Crippen LogP contribution is 2.16. The molecule has 0 heterocycles. The third-order valence-corrected chi connectivity index (χ3v) is 2.44. The number of benzene rings is 1. The minimum absolute atomic E-state index is 0.217. The standard InChI is InChI=1S/C13H17N3O4/c1-2-20-13(19)8-5-3-4-6-10(8)16-12(18)9(14)7-11(15)17/h3-6,9H,2,7,14H2,1H3,(H2,15,17)(H,16,18). The zero-order valence-corrected chi connectivity index (χ0v) is 11.1. The van der Waals surface area contributed by atoms with E-state index in [1.165, 1.54) is 6.07 Å². The highest BCUT2D eigenvalue weighted by atomic mass is 16.5. The molecule has 0 bridgehead atoms. The van der Waals surface area contributed by atoms with Crippen molar-refractivity contribution in [2.75, 3.05) is 11.9 Å². The minimum Gasteiger partial charge on any atom is -0.462 e. The molecular formula is C13H17N3O4. The molecule has 0 aliphatic carbocycles. The fourth-order valence-corrected chi connectivity index (χ4v) is 1.51. The van der Waals surface area contributed by atoms with Crippen LogP contribution in [-0.4, -0.2) is 30.4 Å². The second-order valence-corrected chi connectivity index (χ2v) is 4.03. The molecule has 0 spiro atoms. The molecule has 5 N–H and O–H groups in total. The Balaban J connectivity index is 2.84. The molecule has 0 aromatic heterocycles. The zero-order valence-electron chi connectivity index (χ0n) is 11.1. The van der Waals surface area contributed by atoms with E-state index in [1.54, 1.807) is 25.1 Å². The van der Waals surface area contributed by atoms with Gasteiger partial charge < -0.3 is 21.5 Å². The summed E-state index contributed by atoms with van der Waals surface area (Å²) in [7, 11) is 0. The van der Waals surface area contributed by atoms with Crippen molar-refractivity contribution >= 4 is 23.5 Å². The van der Waals surface area contributed by atoms with Crippen LogP contribution in [0.4, 0.5) is 5.69 Å². The van der Waals surface area contributed by atoms with Gasteiger partial charge in [0.15, 0.2) is 0 Å². The van der Waals surface area contributed by atoms with Crippen LogP contribution in [0.5, 0.6) is 0 Å². The maximum atomic E-state index is 11.8. The molecule has 1 atom stereocenters. The van der Waals surface area contributed by atoms with E-state index in [0.29, 0.717) is 0 Å². The van der Waals surface area contributed by atoms with E-state index < -0.39 is 23.8 Å². The molecule has 20 heavy (non-hydrogen) atoms. The van der Waals surface area contributed by atoms with Gasteiger partial charge in [-0.1, -0.05) is 12.1 Å². The Kier molecular flexibility index (Phi) is 5.67. The first kappa shape index (κ1) is 15.6. The molecule has 0 aliphatic heterocycles. The average molecular weight is 279 g/mol. The number of rotatable bonds is 6. The molecule has 0 saturated carbocycles. The second-order valence-electron chi connectivity index (χ2n) is 4.03. The summed E-state index contributed by atoms with van der Waals surface area (Å²) in [5.41, 5.74) is 11.0. The predicted octanol–water partition coefficient (Wildman–Crippen LogP) is 0.00450. The van der Waals surface area contributed by atoms with Crippen molar-refractivity contribution < 1.29 is 19.1 Å². The van der Waals surface area contributed by atoms with Crippen molar-refractivity contribution in [1.29, 1.82) is 0 Å². The lowest BCUT2D eigenvalue weighted by molar-refractivity contribution is -0.123. The number of amides is 2. The van der Waals surface area contributed by atoms with Crippen molar-refractivity contribution in [3.8, 4) is 0 Å². The van der Waals surface area contributed by atoms with E-state index in [2.05, 4.69) is 5.32 Å². The monoisotopic (exact) mass is 279 g/mol. The number of anilines is 1. The summed E-state index contributed by atoms with van der Waals surface area (Å²) in [5.74, 6) is -1.82. The molecule has 7 nitrogen and oxygen atoms in total. The quantitative estimate of drug-likeness (QED) is 0.632. The van der Waals surface area contributed by atoms with Gasteiger partial charge in [-0.2, -0.15) is 0 Å². The van der Waals surface area contributed by atoms with Gasteiger partial charge in [-0.15, -0.1) is 0 Å². The topological polar surface area (TPSA) is 125 Å². The number of carbonyl (C=O) groups is 3. The second kappa shape index (κ2) is 7.25. The van der Waals surface area contributed by atoms with Crippen LogP contribution in [0.1, 0.15) is 23.7 Å². The van der Waals surface area contributed by atoms with Crippen molar-refractivity contribution in [3.63, 3.8) is 0 Å². The number of para-hydroxylation sites is 1. The molecular weight excluding hydrogens is 262 g/mol. The first-order valence-electron chi connectivity index (χ1n) is 6.06. The summed E-state index contributed by atoms with van der Waals surface area (Å²) >= 11 is 0. The lowest BCUT2D eigenvalue weighted by Gasteiger charge is -2.13. The molecule has 7 heteroatoms. The minimum atomic E-state index is -1.07. The van der Waals surface area contributed by atoms with Gasteiger partial charge in [0.05, 0.1) is 30.3 Å². The summed E-state index contributed by atoms with van der Waals surface area (Å²) in [6.07, 6.45) is -0.270. The smallest absolute Gasteiger partial charge is 0.340 e. The normalized spacial score (nSPS) is 11.5. The van der Waals surface area contributed by atoms with Gasteiger partial charge >= 0.3 is 5.97 Å². The van der Waals surface area contributed by atoms with E-state index in [4.69, 9.17) is 16.2 Å². The van der Waals surface area contributed by atoms with Gasteiger partial charge in [0.1, 0.15) is 0 Å². The van der Waals surface area contributed by atoms with Crippen LogP contribution in [0.2, 0.25) is 0 Å². The number of nitrogens with one attached hydrogen (secondary N) is 1. The zero-order chi connectivity index (χ0) is 15.1. The number of esters is 1. The van der Waals surface area contributed by atoms with Gasteiger partial charge in [-0.05, 0) is 19.1 Å². The molecule has 0 saturated heterocycles. The molecule has 0 aliphatic rings. The predicted molar refractivity (Wildman–Crippen MR) is 72.8 cm³/mol. The molecule has 1 aromatic rings. The van der Waals surface area contributed by atoms with E-state index in [-0.39, 0.29) is 24.3 Å². The average Bonchev–Trinajstić information content (AvgIpc) is 2.38. The third-order valence-electron chi connectivity index (χ3n) is 2.44. The molecule has 2 amide bonds. The maximum Gasteiger partial charge on any atom is 0.340 e. The van der Waals surface area contributed by atoms with Crippen molar-refractivity contribution in [3.05, 3.63) is 29.8 Å². The molecule has 1 aromatic carbocycles. The summed E-state index contributed by atoms with van der Waals surface area (Å²) < 4.78 is 4.88. The number of primary amides is 1. The van der Waals surface area contributed by atoms with Gasteiger partial charge in [-0.25, -0.2) is 4.79 Å². The van der Waals surface area contributed by atoms with E-state index in [1.807, 2.05) is 0 Å². The summed E-state index contributed by atoms with van der Waals surface area (Å²) in [6.45, 7) is 1.91. The lowest BCUT2D eigenvalue weighted by Crippen LogP contribution is -2.39. The van der Waals surface area contributed by atoms with Crippen molar-refractivity contribution in [2.24, 2.45) is 11.5 Å². The Morgan fingerprint density at radius 1 is 1.30 bits per heavy atom. The van der Waals surface area contributed by atoms with E-state index >= 15 is 0 Å². The Labute approximate surface area is 116 Å². The number of hydrogen-bond donors (Lipinski definition) is 3. The fraction of sp³-hybridized carbons (Fsp3) is 0.308. The van der Waals surface area contributed by atoms with Crippen LogP contribution in [-0.2, 0) is 14.3 Å². The molecule has 108 valence electrons. The molecule has 0 fully saturated rings. The van der Waals surface area contributed by atoms with Crippen LogP contribution < -0.4 is 16.8 Å². The largest absolute Gasteiger partial charge is 0.462 e. The number of hydrogen-bond acceptors (Lipinski definition) is 5. The third kappa shape index (κ3) is 4.36. The molecule has 1 unspecified atom stereocenters. The summed E-state index contributed by atoms with van der Waals surface area (Å²) in [6, 6.07) is 5.29. The Morgan fingerprint density at radius 2 is 1.95 bits per heavy atom. The number of carbonyl (C=O) groups excluding carboxylic acids is 3. The van der Waals surface area contributed by atoms with Crippen molar-refractivity contribution in [2.45, 2.75) is 19.4 Å². The summed E-state index contributed by atoms with van der Waals surface area (Å²) in [4.78, 5) is 34.2. The Bertz CT molecular complexity index is 516. The highest BCUT2D eigenvalue weighted by Gasteiger charge is 2.19. The van der Waals surface area contributed by atoms with Crippen LogP contribution in [0, 0.1) is 0 Å². The van der Waals surface area contributed by atoms with Crippen LogP contribution in [0.25, 0.3) is 0 Å². The number of ether oxygens (including phenoxy) is 1. The Hall–Kier alpha value is -2.41. The van der Waals surface area contributed by atoms with Gasteiger partial charge in [0, 0.05) is 0 Å². The highest BCUT2D eigenvalue weighted by molar-refractivity contribution is 6.03. The van der Waals surface area contributed by atoms with Crippen LogP contribution in [0.3, 0.4) is 0 Å². The van der Waals surface area contributed by atoms with Gasteiger partial charge in [0.2, 0.25) is 11.8 Å². The van der Waals surface area contributed by atoms with Crippen molar-refractivity contribution in [1.82, 2.24) is 0 Å². The van der Waals surface area contributed by atoms with Gasteiger partial charge in [-0.3, -0.25) is 9.59 Å². The number of nitrogens with two attached hydrogens (primary N) is 2. The fourth-order valence-electron chi connectivity index (χ4n) is 1.51. The van der Waals surface area contributed by atoms with E-state index in [0.717, 1.165) is 0 Å². The van der Waals surface area contributed by atoms with Crippen LogP contribution in [0.15, 0.2) is 24.3 Å². The summed E-state index contributed by atoms with van der Waals surface area (Å²) in [5, 5.41) is 2.48. The molecule has 0 radical (unpaired) electrons. The van der Waals surface area contributed by atoms with Crippen LogP contribution >= 0.6 is 0 Å². The maximum absolute atomic E-state index is 11.8. The lowest BCUT2D eigenvalue weighted by atomic mass is 10.1. The Morgan fingerprint density at radius 3 is 2.55 bits per heavy atom. The first-order valence-corrected chi connectivity index (χ1v) is 6.06. The van der Waals surface area contributed by atoms with E-state index in [9.17, 15) is 14.4 Å². The molecule has 1 rings (SSSR count). The van der Waals surface area contributed by atoms with Gasteiger partial charge in [0.25, 0.3) is 0 Å². The first-order chi connectivity index (χ1) is 9.45. The SMILES string of the molecule is CCOC(=O)c1ccccc1NC(=O)C(N)CC(N)=O.